The highest BCUT2D eigenvalue weighted by Crippen LogP contribution is 2.25. The molecule has 2 heterocycles. The Morgan fingerprint density at radius 3 is 2.35 bits per heavy atom. The van der Waals surface area contributed by atoms with Crippen LogP contribution < -0.4 is 4.90 Å². The van der Waals surface area contributed by atoms with Crippen molar-refractivity contribution in [3.05, 3.63) is 24.0 Å². The average Bonchev–Trinajstić information content (AvgIpc) is 2.53. The van der Waals surface area contributed by atoms with E-state index in [1.807, 2.05) is 26.8 Å². The van der Waals surface area contributed by atoms with Gasteiger partial charge in [0.05, 0.1) is 24.9 Å². The van der Waals surface area contributed by atoms with Crippen molar-refractivity contribution < 1.29 is 19.1 Å². The number of pyridine rings is 1. The first-order chi connectivity index (χ1) is 10.8. The zero-order valence-corrected chi connectivity index (χ0v) is 14.2. The van der Waals surface area contributed by atoms with Crippen molar-refractivity contribution in [3.8, 4) is 0 Å². The second-order valence-corrected chi connectivity index (χ2v) is 6.69. The summed E-state index contributed by atoms with van der Waals surface area (Å²) in [5.74, 6) is -0.607. The lowest BCUT2D eigenvalue weighted by molar-refractivity contribution is -0.160. The summed E-state index contributed by atoms with van der Waals surface area (Å²) in [5, 5.41) is 0. The molecule has 0 atom stereocenters. The highest BCUT2D eigenvalue weighted by atomic mass is 16.6. The van der Waals surface area contributed by atoms with Gasteiger partial charge >= 0.3 is 11.9 Å². The molecule has 126 valence electrons. The number of esters is 2. The van der Waals surface area contributed by atoms with Gasteiger partial charge in [-0.05, 0) is 45.7 Å². The van der Waals surface area contributed by atoms with Crippen LogP contribution in [0.5, 0.6) is 0 Å². The summed E-state index contributed by atoms with van der Waals surface area (Å²) >= 11 is 0. The fraction of sp³-hybridized carbons (Fsp3) is 0.588. The molecule has 0 radical (unpaired) electrons. The lowest BCUT2D eigenvalue weighted by atomic mass is 9.96. The van der Waals surface area contributed by atoms with Crippen LogP contribution in [0.1, 0.15) is 44.1 Å². The molecular formula is C17H24N2O4. The third kappa shape index (κ3) is 4.68. The normalized spacial score (nSPS) is 16.1. The van der Waals surface area contributed by atoms with Crippen LogP contribution in [0, 0.1) is 5.92 Å². The Balaban J connectivity index is 1.91. The van der Waals surface area contributed by atoms with Gasteiger partial charge in [-0.1, -0.05) is 0 Å². The third-order valence-corrected chi connectivity index (χ3v) is 3.74. The van der Waals surface area contributed by atoms with E-state index in [0.717, 1.165) is 31.6 Å². The Kier molecular flexibility index (Phi) is 5.23. The minimum atomic E-state index is -0.444. The molecule has 0 amide bonds. The van der Waals surface area contributed by atoms with Gasteiger partial charge in [-0.3, -0.25) is 4.79 Å². The van der Waals surface area contributed by atoms with Crippen molar-refractivity contribution in [2.24, 2.45) is 5.92 Å². The summed E-state index contributed by atoms with van der Waals surface area (Å²) in [6, 6.07) is 3.51. The number of aromatic nitrogens is 1. The lowest BCUT2D eigenvalue weighted by Crippen LogP contribution is -2.38. The van der Waals surface area contributed by atoms with E-state index in [0.29, 0.717) is 5.69 Å². The van der Waals surface area contributed by atoms with Crippen LogP contribution in [0.4, 0.5) is 5.69 Å². The minimum absolute atomic E-state index is 0.0484. The van der Waals surface area contributed by atoms with Crippen LogP contribution in [0.2, 0.25) is 0 Å². The summed E-state index contributed by atoms with van der Waals surface area (Å²) in [4.78, 5) is 29.8. The number of piperidine rings is 1. The molecule has 1 aliphatic heterocycles. The summed E-state index contributed by atoms with van der Waals surface area (Å²) in [7, 11) is 1.33. The second kappa shape index (κ2) is 6.98. The van der Waals surface area contributed by atoms with Crippen molar-refractivity contribution in [2.75, 3.05) is 25.1 Å². The maximum atomic E-state index is 12.1. The molecule has 23 heavy (non-hydrogen) atoms. The molecule has 2 rings (SSSR count). The molecule has 1 saturated heterocycles. The van der Waals surface area contributed by atoms with E-state index in [1.54, 1.807) is 12.3 Å². The van der Waals surface area contributed by atoms with Gasteiger partial charge in [0.25, 0.3) is 0 Å². The van der Waals surface area contributed by atoms with E-state index >= 15 is 0 Å². The number of carbonyl (C=O) groups excluding carboxylic acids is 2. The van der Waals surface area contributed by atoms with Gasteiger partial charge < -0.3 is 14.4 Å². The quantitative estimate of drug-likeness (QED) is 0.797. The predicted molar refractivity (Wildman–Crippen MR) is 86.4 cm³/mol. The minimum Gasteiger partial charge on any atom is -0.464 e. The fourth-order valence-corrected chi connectivity index (χ4v) is 2.56. The topological polar surface area (TPSA) is 68.7 Å². The Morgan fingerprint density at radius 1 is 1.22 bits per heavy atom. The maximum Gasteiger partial charge on any atom is 0.356 e. The van der Waals surface area contributed by atoms with Crippen molar-refractivity contribution in [1.29, 1.82) is 0 Å². The van der Waals surface area contributed by atoms with Crippen LogP contribution in [0.3, 0.4) is 0 Å². The Bertz CT molecular complexity index is 555. The second-order valence-electron chi connectivity index (χ2n) is 6.69. The molecule has 0 saturated carbocycles. The smallest absolute Gasteiger partial charge is 0.356 e. The largest absolute Gasteiger partial charge is 0.464 e. The first-order valence-corrected chi connectivity index (χ1v) is 7.82. The molecule has 6 heteroatoms. The molecule has 1 fully saturated rings. The van der Waals surface area contributed by atoms with Crippen molar-refractivity contribution in [3.63, 3.8) is 0 Å². The van der Waals surface area contributed by atoms with Crippen LogP contribution in [0.25, 0.3) is 0 Å². The van der Waals surface area contributed by atoms with E-state index < -0.39 is 11.6 Å². The Labute approximate surface area is 136 Å². The number of anilines is 1. The number of hydrogen-bond acceptors (Lipinski definition) is 6. The zero-order chi connectivity index (χ0) is 17.0. The van der Waals surface area contributed by atoms with Crippen molar-refractivity contribution in [2.45, 2.75) is 39.2 Å². The first-order valence-electron chi connectivity index (χ1n) is 7.82. The van der Waals surface area contributed by atoms with Crippen LogP contribution in [-0.4, -0.2) is 42.7 Å². The summed E-state index contributed by atoms with van der Waals surface area (Å²) < 4.78 is 10.1. The molecule has 0 spiro atoms. The summed E-state index contributed by atoms with van der Waals surface area (Å²) in [5.41, 5.74) is 0.794. The number of ether oxygens (including phenoxy) is 2. The van der Waals surface area contributed by atoms with E-state index in [1.165, 1.54) is 7.11 Å². The molecule has 0 unspecified atom stereocenters. The van der Waals surface area contributed by atoms with Gasteiger partial charge in [0.2, 0.25) is 0 Å². The number of rotatable bonds is 3. The van der Waals surface area contributed by atoms with Crippen LogP contribution in [0.15, 0.2) is 18.3 Å². The fourth-order valence-electron chi connectivity index (χ4n) is 2.56. The van der Waals surface area contributed by atoms with Crippen LogP contribution >= 0.6 is 0 Å². The summed E-state index contributed by atoms with van der Waals surface area (Å²) in [6.07, 6.45) is 3.18. The zero-order valence-electron chi connectivity index (χ0n) is 14.2. The van der Waals surface area contributed by atoms with E-state index in [-0.39, 0.29) is 11.9 Å². The number of nitrogens with zero attached hydrogens (tertiary/aromatic N) is 2. The van der Waals surface area contributed by atoms with E-state index in [9.17, 15) is 9.59 Å². The monoisotopic (exact) mass is 320 g/mol. The van der Waals surface area contributed by atoms with Crippen molar-refractivity contribution in [1.82, 2.24) is 4.98 Å². The molecule has 0 bridgehead atoms. The summed E-state index contributed by atoms with van der Waals surface area (Å²) in [6.45, 7) is 7.18. The van der Waals surface area contributed by atoms with Gasteiger partial charge in [-0.25, -0.2) is 9.78 Å². The van der Waals surface area contributed by atoms with Crippen LogP contribution in [-0.2, 0) is 14.3 Å². The molecule has 0 aliphatic carbocycles. The molecule has 6 nitrogen and oxygen atoms in total. The highest BCUT2D eigenvalue weighted by Gasteiger charge is 2.29. The number of methoxy groups -OCH3 is 1. The molecule has 1 aliphatic rings. The van der Waals surface area contributed by atoms with E-state index in [2.05, 4.69) is 14.6 Å². The van der Waals surface area contributed by atoms with Gasteiger partial charge in [-0.2, -0.15) is 0 Å². The Hall–Kier alpha value is -2.11. The average molecular weight is 320 g/mol. The highest BCUT2D eigenvalue weighted by molar-refractivity contribution is 5.87. The predicted octanol–water partition coefficient (Wildman–Crippen LogP) is 2.43. The molecule has 1 aromatic rings. The number of hydrogen-bond donors (Lipinski definition) is 0. The molecule has 0 N–H and O–H groups in total. The van der Waals surface area contributed by atoms with Gasteiger partial charge in [-0.15, -0.1) is 0 Å². The Morgan fingerprint density at radius 2 is 1.87 bits per heavy atom. The maximum absolute atomic E-state index is 12.1. The third-order valence-electron chi connectivity index (χ3n) is 3.74. The van der Waals surface area contributed by atoms with Gasteiger partial charge in [0, 0.05) is 13.1 Å². The van der Waals surface area contributed by atoms with Gasteiger partial charge in [0.15, 0.2) is 0 Å². The number of carbonyl (C=O) groups is 2. The molecular weight excluding hydrogens is 296 g/mol. The SMILES string of the molecule is COC(=O)c1ccc(N2CCC(C(=O)OC(C)(C)C)CC2)cn1. The van der Waals surface area contributed by atoms with Gasteiger partial charge in [0.1, 0.15) is 11.3 Å². The molecule has 0 aromatic carbocycles. The lowest BCUT2D eigenvalue weighted by Gasteiger charge is -2.33. The standard InChI is InChI=1S/C17H24N2O4/c1-17(2,3)23-15(20)12-7-9-19(10-8-12)13-5-6-14(18-11-13)16(21)22-4/h5-6,11-12H,7-10H2,1-4H3. The first kappa shape index (κ1) is 17.2. The van der Waals surface area contributed by atoms with E-state index in [4.69, 9.17) is 4.74 Å². The molecule has 1 aromatic heterocycles. The van der Waals surface area contributed by atoms with Crippen molar-refractivity contribution >= 4 is 17.6 Å².